The molecule has 2 rings (SSSR count). The summed E-state index contributed by atoms with van der Waals surface area (Å²) in [6, 6.07) is 5.25. The van der Waals surface area contributed by atoms with Crippen molar-refractivity contribution in [2.75, 3.05) is 13.2 Å². The molecule has 1 heterocycles. The molecule has 0 radical (unpaired) electrons. The first kappa shape index (κ1) is 12.8. The van der Waals surface area contributed by atoms with Crippen molar-refractivity contribution in [3.63, 3.8) is 0 Å². The number of aryl methyl sites for hydroxylation is 1. The zero-order chi connectivity index (χ0) is 13.0. The minimum atomic E-state index is -0.398. The molecule has 5 nitrogen and oxygen atoms in total. The fourth-order valence-corrected chi connectivity index (χ4v) is 2.17. The molecule has 1 aromatic carbocycles. The van der Waals surface area contributed by atoms with Gasteiger partial charge in [0.2, 0.25) is 0 Å². The largest absolute Gasteiger partial charge is 0.493 e. The highest BCUT2D eigenvalue weighted by atomic mass is 16.6. The Bertz CT molecular complexity index is 428. The molecule has 98 valence electrons. The first-order valence-corrected chi connectivity index (χ1v) is 6.28. The molecule has 0 aliphatic carbocycles. The summed E-state index contributed by atoms with van der Waals surface area (Å²) in [5, 5.41) is 14.1. The summed E-state index contributed by atoms with van der Waals surface area (Å²) in [7, 11) is 0. The molecule has 18 heavy (non-hydrogen) atoms. The molecule has 1 atom stereocenters. The maximum atomic E-state index is 10.7. The lowest BCUT2D eigenvalue weighted by Gasteiger charge is -2.12. The van der Waals surface area contributed by atoms with Gasteiger partial charge in [-0.2, -0.15) is 0 Å². The average Bonchev–Trinajstić information content (AvgIpc) is 2.84. The minimum Gasteiger partial charge on any atom is -0.493 e. The smallest absolute Gasteiger partial charge is 0.273 e. The molecule has 1 aromatic rings. The van der Waals surface area contributed by atoms with E-state index in [9.17, 15) is 10.1 Å². The van der Waals surface area contributed by atoms with Crippen molar-refractivity contribution in [1.82, 2.24) is 5.32 Å². The summed E-state index contributed by atoms with van der Waals surface area (Å²) in [6.07, 6.45) is 3.36. The van der Waals surface area contributed by atoms with Gasteiger partial charge in [-0.05, 0) is 44.4 Å². The Morgan fingerprint density at radius 2 is 2.39 bits per heavy atom. The van der Waals surface area contributed by atoms with E-state index in [0.29, 0.717) is 18.4 Å². The van der Waals surface area contributed by atoms with E-state index >= 15 is 0 Å². The van der Waals surface area contributed by atoms with Crippen LogP contribution in [0.1, 0.15) is 24.8 Å². The fraction of sp³-hybridized carbons (Fsp3) is 0.538. The monoisotopic (exact) mass is 250 g/mol. The Morgan fingerprint density at radius 3 is 3.06 bits per heavy atom. The Hall–Kier alpha value is -1.62. The number of nitrogens with zero attached hydrogens (tertiary/aromatic N) is 1. The summed E-state index contributed by atoms with van der Waals surface area (Å²) in [5.74, 6) is 0.613. The molecule has 0 spiro atoms. The lowest BCUT2D eigenvalue weighted by Crippen LogP contribution is -2.23. The minimum absolute atomic E-state index is 0.0783. The summed E-state index contributed by atoms with van der Waals surface area (Å²) in [4.78, 5) is 10.3. The summed E-state index contributed by atoms with van der Waals surface area (Å²) in [6.45, 7) is 3.58. The molecular formula is C13H18N2O3. The van der Waals surface area contributed by atoms with Crippen molar-refractivity contribution in [2.45, 2.75) is 32.2 Å². The van der Waals surface area contributed by atoms with Crippen LogP contribution in [0.3, 0.4) is 0 Å². The van der Waals surface area contributed by atoms with Crippen molar-refractivity contribution in [1.29, 1.82) is 0 Å². The number of rotatable bonds is 5. The lowest BCUT2D eigenvalue weighted by atomic mass is 10.1. The van der Waals surface area contributed by atoms with Crippen molar-refractivity contribution in [3.05, 3.63) is 33.9 Å². The van der Waals surface area contributed by atoms with Crippen LogP contribution in [0.25, 0.3) is 0 Å². The van der Waals surface area contributed by atoms with E-state index in [4.69, 9.17) is 4.74 Å². The van der Waals surface area contributed by atoms with Crippen LogP contribution >= 0.6 is 0 Å². The van der Waals surface area contributed by atoms with Gasteiger partial charge in [-0.1, -0.05) is 0 Å². The van der Waals surface area contributed by atoms with Gasteiger partial charge in [-0.3, -0.25) is 10.1 Å². The second-order valence-electron chi connectivity index (χ2n) is 4.64. The summed E-state index contributed by atoms with van der Waals surface area (Å²) >= 11 is 0. The molecule has 1 saturated heterocycles. The van der Waals surface area contributed by atoms with Crippen LogP contribution in [0.4, 0.5) is 5.69 Å². The molecule has 5 heteroatoms. The third-order valence-electron chi connectivity index (χ3n) is 3.27. The summed E-state index contributed by atoms with van der Waals surface area (Å²) < 4.78 is 5.65. The Balaban J connectivity index is 1.91. The molecule has 1 N–H and O–H groups in total. The van der Waals surface area contributed by atoms with Gasteiger partial charge in [0.05, 0.1) is 17.6 Å². The molecule has 0 saturated carbocycles. The highest BCUT2D eigenvalue weighted by Gasteiger charge is 2.14. The quantitative estimate of drug-likeness (QED) is 0.644. The number of non-ortho nitro benzene ring substituents is 1. The van der Waals surface area contributed by atoms with Crippen molar-refractivity contribution >= 4 is 5.69 Å². The maximum Gasteiger partial charge on any atom is 0.273 e. The Kier molecular flexibility index (Phi) is 4.15. The number of nitro benzene ring substituents is 1. The lowest BCUT2D eigenvalue weighted by molar-refractivity contribution is -0.384. The SMILES string of the molecule is Cc1ccc([N+](=O)[O-])cc1OCCC1CCCN1. The predicted octanol–water partition coefficient (Wildman–Crippen LogP) is 2.42. The van der Waals surface area contributed by atoms with Crippen molar-refractivity contribution in [2.24, 2.45) is 0 Å². The molecule has 1 fully saturated rings. The zero-order valence-electron chi connectivity index (χ0n) is 10.5. The van der Waals surface area contributed by atoms with E-state index < -0.39 is 4.92 Å². The van der Waals surface area contributed by atoms with Gasteiger partial charge in [0, 0.05) is 12.1 Å². The number of ether oxygens (including phenoxy) is 1. The normalized spacial score (nSPS) is 18.8. The second kappa shape index (κ2) is 5.82. The molecule has 0 amide bonds. The number of hydrogen-bond donors (Lipinski definition) is 1. The van der Waals surface area contributed by atoms with Crippen LogP contribution in [-0.4, -0.2) is 24.1 Å². The number of nitrogens with one attached hydrogen (secondary N) is 1. The van der Waals surface area contributed by atoms with Crippen molar-refractivity contribution in [3.8, 4) is 5.75 Å². The Morgan fingerprint density at radius 1 is 1.56 bits per heavy atom. The summed E-state index contributed by atoms with van der Waals surface area (Å²) in [5.41, 5.74) is 1.01. The van der Waals surface area contributed by atoms with E-state index in [1.54, 1.807) is 6.07 Å². The highest BCUT2D eigenvalue weighted by molar-refractivity contribution is 5.43. The predicted molar refractivity (Wildman–Crippen MR) is 69.0 cm³/mol. The molecule has 1 unspecified atom stereocenters. The van der Waals surface area contributed by atoms with Gasteiger partial charge < -0.3 is 10.1 Å². The van der Waals surface area contributed by atoms with Crippen LogP contribution in [0.5, 0.6) is 5.75 Å². The molecular weight excluding hydrogens is 232 g/mol. The van der Waals surface area contributed by atoms with Gasteiger partial charge >= 0.3 is 0 Å². The van der Waals surface area contributed by atoms with Crippen molar-refractivity contribution < 1.29 is 9.66 Å². The fourth-order valence-electron chi connectivity index (χ4n) is 2.17. The first-order valence-electron chi connectivity index (χ1n) is 6.28. The molecule has 0 aromatic heterocycles. The van der Waals surface area contributed by atoms with Gasteiger partial charge in [0.1, 0.15) is 5.75 Å². The van der Waals surface area contributed by atoms with E-state index in [1.807, 2.05) is 6.92 Å². The van der Waals surface area contributed by atoms with E-state index in [0.717, 1.165) is 18.5 Å². The van der Waals surface area contributed by atoms with Crippen LogP contribution in [0, 0.1) is 17.0 Å². The zero-order valence-corrected chi connectivity index (χ0v) is 10.5. The van der Waals surface area contributed by atoms with Crippen LogP contribution < -0.4 is 10.1 Å². The maximum absolute atomic E-state index is 10.7. The number of benzene rings is 1. The first-order chi connectivity index (χ1) is 8.66. The standard InChI is InChI=1S/C13H18N2O3/c1-10-4-5-12(15(16)17)9-13(10)18-8-6-11-3-2-7-14-11/h4-5,9,11,14H,2-3,6-8H2,1H3. The van der Waals surface area contributed by atoms with Crippen LogP contribution in [0.2, 0.25) is 0 Å². The van der Waals surface area contributed by atoms with E-state index in [1.165, 1.54) is 25.0 Å². The van der Waals surface area contributed by atoms with Gasteiger partial charge in [0.15, 0.2) is 0 Å². The molecule has 1 aliphatic rings. The van der Waals surface area contributed by atoms with E-state index in [-0.39, 0.29) is 5.69 Å². The molecule has 0 bridgehead atoms. The second-order valence-corrected chi connectivity index (χ2v) is 4.64. The average molecular weight is 250 g/mol. The number of nitro groups is 1. The third-order valence-corrected chi connectivity index (χ3v) is 3.27. The van der Waals surface area contributed by atoms with E-state index in [2.05, 4.69) is 5.32 Å². The van der Waals surface area contributed by atoms with Gasteiger partial charge in [-0.25, -0.2) is 0 Å². The Labute approximate surface area is 106 Å². The van der Waals surface area contributed by atoms with Crippen LogP contribution in [-0.2, 0) is 0 Å². The van der Waals surface area contributed by atoms with Gasteiger partial charge in [0.25, 0.3) is 5.69 Å². The number of hydrogen-bond acceptors (Lipinski definition) is 4. The van der Waals surface area contributed by atoms with Crippen LogP contribution in [0.15, 0.2) is 18.2 Å². The molecule has 1 aliphatic heterocycles. The van der Waals surface area contributed by atoms with Gasteiger partial charge in [-0.15, -0.1) is 0 Å². The topological polar surface area (TPSA) is 64.4 Å². The highest BCUT2D eigenvalue weighted by Crippen LogP contribution is 2.24. The third kappa shape index (κ3) is 3.20.